The SMILES string of the molecule is CCC(C)N1CC(c2nnc3ccccn23)C1. The Labute approximate surface area is 101 Å². The van der Waals surface area contributed by atoms with Crippen LogP contribution < -0.4 is 0 Å². The van der Waals surface area contributed by atoms with Crippen molar-refractivity contribution >= 4 is 5.65 Å². The van der Waals surface area contributed by atoms with E-state index in [9.17, 15) is 0 Å². The number of pyridine rings is 1. The molecule has 3 heterocycles. The molecule has 1 fully saturated rings. The average Bonchev–Trinajstić information content (AvgIpc) is 2.71. The standard InChI is InChI=1S/C13H18N4/c1-3-10(2)16-8-11(9-16)13-15-14-12-6-4-5-7-17(12)13/h4-7,10-11H,3,8-9H2,1-2H3. The van der Waals surface area contributed by atoms with Crippen molar-refractivity contribution in [1.82, 2.24) is 19.5 Å². The van der Waals surface area contributed by atoms with Gasteiger partial charge >= 0.3 is 0 Å². The molecule has 4 nitrogen and oxygen atoms in total. The molecule has 2 aromatic rings. The van der Waals surface area contributed by atoms with Crippen LogP contribution in [0, 0.1) is 0 Å². The zero-order chi connectivity index (χ0) is 11.8. The van der Waals surface area contributed by atoms with Gasteiger partial charge in [0.05, 0.1) is 0 Å². The van der Waals surface area contributed by atoms with Crippen LogP contribution in [0.3, 0.4) is 0 Å². The van der Waals surface area contributed by atoms with E-state index in [0.717, 1.165) is 24.6 Å². The minimum absolute atomic E-state index is 0.543. The summed E-state index contributed by atoms with van der Waals surface area (Å²) in [6, 6.07) is 6.72. The molecule has 1 atom stereocenters. The Morgan fingerprint density at radius 3 is 2.94 bits per heavy atom. The van der Waals surface area contributed by atoms with E-state index in [-0.39, 0.29) is 0 Å². The first-order valence-electron chi connectivity index (χ1n) is 6.33. The van der Waals surface area contributed by atoms with Gasteiger partial charge in [-0.3, -0.25) is 9.30 Å². The zero-order valence-corrected chi connectivity index (χ0v) is 10.4. The highest BCUT2D eigenvalue weighted by Gasteiger charge is 2.33. The Hall–Kier alpha value is -1.42. The highest BCUT2D eigenvalue weighted by molar-refractivity contribution is 5.38. The van der Waals surface area contributed by atoms with Gasteiger partial charge in [0.15, 0.2) is 5.65 Å². The van der Waals surface area contributed by atoms with Gasteiger partial charge in [-0.05, 0) is 25.5 Å². The van der Waals surface area contributed by atoms with Gasteiger partial charge in [0.2, 0.25) is 0 Å². The molecule has 0 aromatic carbocycles. The molecule has 1 unspecified atom stereocenters. The Balaban J connectivity index is 1.79. The third kappa shape index (κ3) is 1.72. The maximum atomic E-state index is 4.32. The number of likely N-dealkylation sites (tertiary alicyclic amines) is 1. The van der Waals surface area contributed by atoms with Gasteiger partial charge in [-0.15, -0.1) is 10.2 Å². The van der Waals surface area contributed by atoms with Gasteiger partial charge < -0.3 is 0 Å². The summed E-state index contributed by atoms with van der Waals surface area (Å²) in [4.78, 5) is 2.51. The maximum absolute atomic E-state index is 4.32. The number of aromatic nitrogens is 3. The minimum atomic E-state index is 0.543. The van der Waals surface area contributed by atoms with Crippen LogP contribution in [0.5, 0.6) is 0 Å². The number of hydrogen-bond acceptors (Lipinski definition) is 3. The topological polar surface area (TPSA) is 33.4 Å². The molecular formula is C13H18N4. The number of fused-ring (bicyclic) bond motifs is 1. The molecule has 0 spiro atoms. The summed E-state index contributed by atoms with van der Waals surface area (Å²) in [5, 5.41) is 8.53. The Morgan fingerprint density at radius 2 is 2.18 bits per heavy atom. The van der Waals surface area contributed by atoms with Crippen molar-refractivity contribution < 1.29 is 0 Å². The van der Waals surface area contributed by atoms with E-state index >= 15 is 0 Å². The summed E-state index contributed by atoms with van der Waals surface area (Å²) in [6.45, 7) is 6.76. The first-order chi connectivity index (χ1) is 8.29. The molecule has 0 N–H and O–H groups in total. The fraction of sp³-hybridized carbons (Fsp3) is 0.538. The molecule has 17 heavy (non-hydrogen) atoms. The molecule has 90 valence electrons. The van der Waals surface area contributed by atoms with Crippen LogP contribution in [-0.4, -0.2) is 38.6 Å². The normalized spacial score (nSPS) is 19.4. The Kier molecular flexibility index (Phi) is 2.59. The first-order valence-corrected chi connectivity index (χ1v) is 6.33. The third-order valence-corrected chi connectivity index (χ3v) is 3.83. The molecule has 1 aliphatic rings. The van der Waals surface area contributed by atoms with Crippen LogP contribution >= 0.6 is 0 Å². The summed E-state index contributed by atoms with van der Waals surface area (Å²) in [5.41, 5.74) is 0.949. The molecule has 0 saturated carbocycles. The number of hydrogen-bond donors (Lipinski definition) is 0. The van der Waals surface area contributed by atoms with E-state index in [2.05, 4.69) is 39.5 Å². The van der Waals surface area contributed by atoms with Crippen molar-refractivity contribution in [3.05, 3.63) is 30.2 Å². The lowest BCUT2D eigenvalue weighted by atomic mass is 9.96. The van der Waals surface area contributed by atoms with E-state index in [4.69, 9.17) is 0 Å². The summed E-state index contributed by atoms with van der Waals surface area (Å²) in [7, 11) is 0. The van der Waals surface area contributed by atoms with Crippen molar-refractivity contribution in [1.29, 1.82) is 0 Å². The van der Waals surface area contributed by atoms with Crippen molar-refractivity contribution in [2.75, 3.05) is 13.1 Å². The van der Waals surface area contributed by atoms with Gasteiger partial charge in [0.25, 0.3) is 0 Å². The second-order valence-corrected chi connectivity index (χ2v) is 4.90. The molecule has 1 aliphatic heterocycles. The van der Waals surface area contributed by atoms with Crippen LogP contribution in [-0.2, 0) is 0 Å². The summed E-state index contributed by atoms with van der Waals surface area (Å²) < 4.78 is 2.11. The molecule has 2 aromatic heterocycles. The largest absolute Gasteiger partial charge is 0.299 e. The number of rotatable bonds is 3. The maximum Gasteiger partial charge on any atom is 0.160 e. The first kappa shape index (κ1) is 10.7. The van der Waals surface area contributed by atoms with Gasteiger partial charge in [0, 0.05) is 31.2 Å². The third-order valence-electron chi connectivity index (χ3n) is 3.83. The predicted molar refractivity (Wildman–Crippen MR) is 67.1 cm³/mol. The van der Waals surface area contributed by atoms with Crippen molar-refractivity contribution in [2.24, 2.45) is 0 Å². The molecule has 1 saturated heterocycles. The summed E-state index contributed by atoms with van der Waals surface area (Å²) >= 11 is 0. The van der Waals surface area contributed by atoms with Gasteiger partial charge in [-0.1, -0.05) is 13.0 Å². The fourth-order valence-corrected chi connectivity index (χ4v) is 2.43. The van der Waals surface area contributed by atoms with Crippen molar-refractivity contribution in [3.63, 3.8) is 0 Å². The number of nitrogens with zero attached hydrogens (tertiary/aromatic N) is 4. The van der Waals surface area contributed by atoms with E-state index in [0.29, 0.717) is 12.0 Å². The average molecular weight is 230 g/mol. The highest BCUT2D eigenvalue weighted by atomic mass is 15.3. The molecule has 4 heteroatoms. The second-order valence-electron chi connectivity index (χ2n) is 4.90. The Morgan fingerprint density at radius 1 is 1.35 bits per heavy atom. The van der Waals surface area contributed by atoms with Gasteiger partial charge in [-0.2, -0.15) is 0 Å². The van der Waals surface area contributed by atoms with Crippen molar-refractivity contribution in [3.8, 4) is 0 Å². The molecule has 0 amide bonds. The van der Waals surface area contributed by atoms with Crippen LogP contribution in [0.25, 0.3) is 5.65 Å². The zero-order valence-electron chi connectivity index (χ0n) is 10.4. The lowest BCUT2D eigenvalue weighted by Crippen LogP contribution is -2.50. The van der Waals surface area contributed by atoms with Crippen LogP contribution in [0.15, 0.2) is 24.4 Å². The second kappa shape index (κ2) is 4.11. The van der Waals surface area contributed by atoms with E-state index in [1.807, 2.05) is 18.2 Å². The molecule has 0 radical (unpaired) electrons. The van der Waals surface area contributed by atoms with Crippen LogP contribution in [0.4, 0.5) is 0 Å². The van der Waals surface area contributed by atoms with E-state index in [1.165, 1.54) is 6.42 Å². The fourth-order valence-electron chi connectivity index (χ4n) is 2.43. The summed E-state index contributed by atoms with van der Waals surface area (Å²) in [6.07, 6.45) is 3.27. The quantitative estimate of drug-likeness (QED) is 0.808. The van der Waals surface area contributed by atoms with Crippen molar-refractivity contribution in [2.45, 2.75) is 32.2 Å². The lowest BCUT2D eigenvalue weighted by Gasteiger charge is -2.42. The van der Waals surface area contributed by atoms with Gasteiger partial charge in [-0.25, -0.2) is 0 Å². The molecular weight excluding hydrogens is 212 g/mol. The molecule has 0 aliphatic carbocycles. The highest BCUT2D eigenvalue weighted by Crippen LogP contribution is 2.28. The predicted octanol–water partition coefficient (Wildman–Crippen LogP) is 1.93. The van der Waals surface area contributed by atoms with Gasteiger partial charge in [0.1, 0.15) is 5.82 Å². The van der Waals surface area contributed by atoms with E-state index in [1.54, 1.807) is 0 Å². The minimum Gasteiger partial charge on any atom is -0.299 e. The molecule has 0 bridgehead atoms. The monoisotopic (exact) mass is 230 g/mol. The molecule has 3 rings (SSSR count). The van der Waals surface area contributed by atoms with Crippen LogP contribution in [0.2, 0.25) is 0 Å². The van der Waals surface area contributed by atoms with E-state index < -0.39 is 0 Å². The summed E-state index contributed by atoms with van der Waals surface area (Å²) in [5.74, 6) is 1.65. The smallest absolute Gasteiger partial charge is 0.160 e. The Bertz CT molecular complexity index is 513. The van der Waals surface area contributed by atoms with Crippen LogP contribution in [0.1, 0.15) is 32.0 Å². The lowest BCUT2D eigenvalue weighted by molar-refractivity contribution is 0.0938.